The summed E-state index contributed by atoms with van der Waals surface area (Å²) in [5.74, 6) is 0.264. The van der Waals surface area contributed by atoms with Crippen LogP contribution in [0.3, 0.4) is 0 Å². The zero-order valence-electron chi connectivity index (χ0n) is 18.2. The Labute approximate surface area is 164 Å². The molecule has 0 unspecified atom stereocenters. The summed E-state index contributed by atoms with van der Waals surface area (Å²) in [5.41, 5.74) is 2.65. The third-order valence-corrected chi connectivity index (χ3v) is 5.37. The molecule has 4 heteroatoms. The van der Waals surface area contributed by atoms with E-state index >= 15 is 0 Å². The Balaban J connectivity index is 2.10. The number of likely N-dealkylation sites (tertiary alicyclic amines) is 1. The Kier molecular flexibility index (Phi) is 6.62. The maximum Gasteiger partial charge on any atom is 0.306 e. The molecular formula is C23H37NO3. The van der Waals surface area contributed by atoms with Gasteiger partial charge in [-0.15, -0.1) is 0 Å². The summed E-state index contributed by atoms with van der Waals surface area (Å²) in [5, 5.41) is 10.8. The molecule has 0 bridgehead atoms. The maximum atomic E-state index is 12.3. The molecule has 4 nitrogen and oxygen atoms in total. The highest BCUT2D eigenvalue weighted by atomic mass is 16.5. The SMILES string of the molecule is CN1CCC(OC(=O)CCc2cc(C(C)(C)C)c(O)c(C(C)(C)C)c2)CC1. The van der Waals surface area contributed by atoms with Gasteiger partial charge in [-0.2, -0.15) is 0 Å². The van der Waals surface area contributed by atoms with Crippen LogP contribution in [0.2, 0.25) is 0 Å². The largest absolute Gasteiger partial charge is 0.507 e. The van der Waals surface area contributed by atoms with Gasteiger partial charge in [-0.1, -0.05) is 53.7 Å². The van der Waals surface area contributed by atoms with Crippen molar-refractivity contribution in [2.45, 2.75) is 84.2 Å². The van der Waals surface area contributed by atoms with E-state index in [1.54, 1.807) is 0 Å². The van der Waals surface area contributed by atoms with E-state index in [9.17, 15) is 9.90 Å². The van der Waals surface area contributed by atoms with Crippen LogP contribution in [0.5, 0.6) is 5.75 Å². The summed E-state index contributed by atoms with van der Waals surface area (Å²) in [6.45, 7) is 14.6. The van der Waals surface area contributed by atoms with Gasteiger partial charge in [0.25, 0.3) is 0 Å². The number of piperidine rings is 1. The molecule has 1 fully saturated rings. The van der Waals surface area contributed by atoms with Gasteiger partial charge in [0, 0.05) is 19.5 Å². The van der Waals surface area contributed by atoms with Crippen LogP contribution in [0.25, 0.3) is 0 Å². The Morgan fingerprint density at radius 1 is 1.07 bits per heavy atom. The summed E-state index contributed by atoms with van der Waals surface area (Å²) in [6, 6.07) is 4.10. The molecule has 0 aromatic heterocycles. The first kappa shape index (κ1) is 21.7. The Hall–Kier alpha value is -1.55. The number of phenols is 1. The molecule has 1 saturated heterocycles. The molecule has 0 radical (unpaired) electrons. The second kappa shape index (κ2) is 8.22. The van der Waals surface area contributed by atoms with Crippen molar-refractivity contribution in [1.82, 2.24) is 4.90 Å². The van der Waals surface area contributed by atoms with E-state index in [0.29, 0.717) is 18.6 Å². The highest BCUT2D eigenvalue weighted by molar-refractivity contribution is 5.70. The first-order chi connectivity index (χ1) is 12.4. The number of rotatable bonds is 4. The van der Waals surface area contributed by atoms with Gasteiger partial charge in [-0.25, -0.2) is 0 Å². The molecule has 27 heavy (non-hydrogen) atoms. The van der Waals surface area contributed by atoms with E-state index in [0.717, 1.165) is 42.6 Å². The number of carbonyl (C=O) groups is 1. The van der Waals surface area contributed by atoms with Crippen LogP contribution >= 0.6 is 0 Å². The Morgan fingerprint density at radius 3 is 2.00 bits per heavy atom. The monoisotopic (exact) mass is 375 g/mol. The van der Waals surface area contributed by atoms with Crippen LogP contribution in [0.15, 0.2) is 12.1 Å². The van der Waals surface area contributed by atoms with Gasteiger partial charge in [-0.3, -0.25) is 4.79 Å². The van der Waals surface area contributed by atoms with E-state index in [2.05, 4.69) is 53.5 Å². The first-order valence-electron chi connectivity index (χ1n) is 10.1. The van der Waals surface area contributed by atoms with Gasteiger partial charge in [0.2, 0.25) is 0 Å². The third kappa shape index (κ3) is 5.97. The van der Waals surface area contributed by atoms with Crippen molar-refractivity contribution in [3.05, 3.63) is 28.8 Å². The molecule has 1 aliphatic heterocycles. The second-order valence-electron chi connectivity index (χ2n) is 10.0. The predicted octanol–water partition coefficient (Wildman–Crippen LogP) is 4.56. The fourth-order valence-corrected chi connectivity index (χ4v) is 3.58. The van der Waals surface area contributed by atoms with Crippen LogP contribution in [-0.2, 0) is 26.8 Å². The minimum Gasteiger partial charge on any atom is -0.507 e. The molecule has 1 N–H and O–H groups in total. The normalized spacial score (nSPS) is 17.1. The number of esters is 1. The lowest BCUT2D eigenvalue weighted by molar-refractivity contribution is -0.151. The molecular weight excluding hydrogens is 338 g/mol. The topological polar surface area (TPSA) is 49.8 Å². The average molecular weight is 376 g/mol. The number of nitrogens with zero attached hydrogens (tertiary/aromatic N) is 1. The van der Waals surface area contributed by atoms with Crippen molar-refractivity contribution in [1.29, 1.82) is 0 Å². The summed E-state index contributed by atoms with van der Waals surface area (Å²) >= 11 is 0. The smallest absolute Gasteiger partial charge is 0.306 e. The summed E-state index contributed by atoms with van der Waals surface area (Å²) in [7, 11) is 2.10. The number of ether oxygens (including phenoxy) is 1. The molecule has 0 saturated carbocycles. The second-order valence-corrected chi connectivity index (χ2v) is 10.0. The first-order valence-corrected chi connectivity index (χ1v) is 10.1. The van der Waals surface area contributed by atoms with E-state index in [-0.39, 0.29) is 22.9 Å². The standard InChI is InChI=1S/C23H37NO3/c1-22(2,3)18-14-16(15-19(21(18)26)23(4,5)6)8-9-20(25)27-17-10-12-24(7)13-11-17/h14-15,17,26H,8-13H2,1-7H3. The van der Waals surface area contributed by atoms with Crippen molar-refractivity contribution in [2.75, 3.05) is 20.1 Å². The zero-order valence-corrected chi connectivity index (χ0v) is 18.2. The predicted molar refractivity (Wildman–Crippen MR) is 110 cm³/mol. The molecule has 1 aliphatic rings. The summed E-state index contributed by atoms with van der Waals surface area (Å²) < 4.78 is 5.67. The van der Waals surface area contributed by atoms with E-state index < -0.39 is 0 Å². The Morgan fingerprint density at radius 2 is 1.56 bits per heavy atom. The molecule has 1 aromatic carbocycles. The maximum absolute atomic E-state index is 12.3. The van der Waals surface area contributed by atoms with Gasteiger partial charge >= 0.3 is 5.97 Å². The molecule has 152 valence electrons. The lowest BCUT2D eigenvalue weighted by Gasteiger charge is -2.29. The number of aromatic hydroxyl groups is 1. The fourth-order valence-electron chi connectivity index (χ4n) is 3.58. The van der Waals surface area contributed by atoms with Crippen molar-refractivity contribution >= 4 is 5.97 Å². The quantitative estimate of drug-likeness (QED) is 0.784. The molecule has 1 aromatic rings. The van der Waals surface area contributed by atoms with Crippen LogP contribution in [0.1, 0.15) is 77.5 Å². The minimum atomic E-state index is -0.158. The molecule has 2 rings (SSSR count). The van der Waals surface area contributed by atoms with Crippen molar-refractivity contribution in [3.63, 3.8) is 0 Å². The average Bonchev–Trinajstić information content (AvgIpc) is 2.54. The number of hydrogen-bond acceptors (Lipinski definition) is 4. The minimum absolute atomic E-state index is 0.0591. The van der Waals surface area contributed by atoms with Crippen molar-refractivity contribution < 1.29 is 14.6 Å². The van der Waals surface area contributed by atoms with E-state index in [1.165, 1.54) is 0 Å². The number of benzene rings is 1. The van der Waals surface area contributed by atoms with Gasteiger partial charge in [-0.05, 0) is 53.8 Å². The fraction of sp³-hybridized carbons (Fsp3) is 0.696. The van der Waals surface area contributed by atoms with E-state index in [1.807, 2.05) is 12.1 Å². The highest BCUT2D eigenvalue weighted by Gasteiger charge is 2.27. The number of aryl methyl sites for hydroxylation is 1. The van der Waals surface area contributed by atoms with Gasteiger partial charge in [0.1, 0.15) is 11.9 Å². The number of carbonyl (C=O) groups excluding carboxylic acids is 1. The van der Waals surface area contributed by atoms with Crippen molar-refractivity contribution in [2.24, 2.45) is 0 Å². The third-order valence-electron chi connectivity index (χ3n) is 5.37. The summed E-state index contributed by atoms with van der Waals surface area (Å²) in [6.07, 6.45) is 2.92. The zero-order chi connectivity index (χ0) is 20.4. The van der Waals surface area contributed by atoms with Crippen LogP contribution in [-0.4, -0.2) is 42.2 Å². The lowest BCUT2D eigenvalue weighted by Crippen LogP contribution is -2.35. The summed E-state index contributed by atoms with van der Waals surface area (Å²) in [4.78, 5) is 14.6. The highest BCUT2D eigenvalue weighted by Crippen LogP contribution is 2.40. The van der Waals surface area contributed by atoms with Crippen molar-refractivity contribution in [3.8, 4) is 5.75 Å². The van der Waals surface area contributed by atoms with Gasteiger partial charge in [0.05, 0.1) is 0 Å². The molecule has 1 heterocycles. The van der Waals surface area contributed by atoms with E-state index in [4.69, 9.17) is 4.74 Å². The van der Waals surface area contributed by atoms with Crippen LogP contribution < -0.4 is 0 Å². The molecule has 0 spiro atoms. The lowest BCUT2D eigenvalue weighted by atomic mass is 9.78. The number of phenolic OH excluding ortho intramolecular Hbond substituents is 1. The Bertz CT molecular complexity index is 624. The molecule has 0 amide bonds. The van der Waals surface area contributed by atoms with Crippen LogP contribution in [0.4, 0.5) is 0 Å². The van der Waals surface area contributed by atoms with Crippen LogP contribution in [0, 0.1) is 0 Å². The molecule has 0 atom stereocenters. The van der Waals surface area contributed by atoms with Gasteiger partial charge < -0.3 is 14.7 Å². The van der Waals surface area contributed by atoms with Gasteiger partial charge in [0.15, 0.2) is 0 Å². The number of hydrogen-bond donors (Lipinski definition) is 1. The molecule has 0 aliphatic carbocycles.